The van der Waals surface area contributed by atoms with Gasteiger partial charge in [0.05, 0.1) is 18.2 Å². The minimum Gasteiger partial charge on any atom is -0.465 e. The maximum atomic E-state index is 11.6. The lowest BCUT2D eigenvalue weighted by Crippen LogP contribution is -2.00. The van der Waals surface area contributed by atoms with E-state index in [-0.39, 0.29) is 5.76 Å². The Bertz CT molecular complexity index is 879. The van der Waals surface area contributed by atoms with Crippen LogP contribution < -0.4 is 4.74 Å². The molecule has 120 valence electrons. The van der Waals surface area contributed by atoms with Crippen LogP contribution in [0.2, 0.25) is 0 Å². The SMILES string of the molecule is COC(=O)c1cccc(Oc2ccccc2-c2ccc(C=O)o2)c1. The van der Waals surface area contributed by atoms with Gasteiger partial charge in [0.15, 0.2) is 12.0 Å². The summed E-state index contributed by atoms with van der Waals surface area (Å²) in [4.78, 5) is 22.4. The van der Waals surface area contributed by atoms with Crippen LogP contribution in [0.15, 0.2) is 65.1 Å². The first-order valence-corrected chi connectivity index (χ1v) is 7.22. The first kappa shape index (κ1) is 15.6. The molecule has 0 bridgehead atoms. The van der Waals surface area contributed by atoms with Gasteiger partial charge in [-0.2, -0.15) is 0 Å². The molecule has 0 saturated heterocycles. The summed E-state index contributed by atoms with van der Waals surface area (Å²) in [5.41, 5.74) is 1.10. The van der Waals surface area contributed by atoms with Crippen LogP contribution in [-0.4, -0.2) is 19.4 Å². The Morgan fingerprint density at radius 1 is 1.04 bits per heavy atom. The number of esters is 1. The van der Waals surface area contributed by atoms with E-state index in [9.17, 15) is 9.59 Å². The lowest BCUT2D eigenvalue weighted by atomic mass is 10.1. The van der Waals surface area contributed by atoms with E-state index in [0.717, 1.165) is 0 Å². The molecule has 0 aliphatic carbocycles. The Morgan fingerprint density at radius 2 is 1.88 bits per heavy atom. The van der Waals surface area contributed by atoms with Gasteiger partial charge in [0, 0.05) is 0 Å². The molecule has 0 aliphatic rings. The Hall–Kier alpha value is -3.34. The maximum Gasteiger partial charge on any atom is 0.337 e. The monoisotopic (exact) mass is 322 g/mol. The van der Waals surface area contributed by atoms with Gasteiger partial charge >= 0.3 is 5.97 Å². The first-order valence-electron chi connectivity index (χ1n) is 7.22. The summed E-state index contributed by atoms with van der Waals surface area (Å²) in [6.07, 6.45) is 0.646. The first-order chi connectivity index (χ1) is 11.7. The van der Waals surface area contributed by atoms with Crippen LogP contribution in [0.3, 0.4) is 0 Å². The molecule has 5 nitrogen and oxygen atoms in total. The molecule has 5 heteroatoms. The third-order valence-electron chi connectivity index (χ3n) is 3.38. The van der Waals surface area contributed by atoms with Crippen LogP contribution in [0.25, 0.3) is 11.3 Å². The minimum atomic E-state index is -0.435. The van der Waals surface area contributed by atoms with Crippen molar-refractivity contribution < 1.29 is 23.5 Å². The van der Waals surface area contributed by atoms with Gasteiger partial charge in [0.2, 0.25) is 0 Å². The highest BCUT2D eigenvalue weighted by atomic mass is 16.5. The zero-order valence-electron chi connectivity index (χ0n) is 12.9. The summed E-state index contributed by atoms with van der Waals surface area (Å²) in [6.45, 7) is 0. The lowest BCUT2D eigenvalue weighted by molar-refractivity contribution is 0.0600. The molecule has 0 unspecified atom stereocenters. The second kappa shape index (κ2) is 6.83. The van der Waals surface area contributed by atoms with E-state index in [1.54, 1.807) is 42.5 Å². The Balaban J connectivity index is 1.94. The van der Waals surface area contributed by atoms with E-state index < -0.39 is 5.97 Å². The molecule has 3 rings (SSSR count). The van der Waals surface area contributed by atoms with Gasteiger partial charge in [0.25, 0.3) is 0 Å². The minimum absolute atomic E-state index is 0.243. The third kappa shape index (κ3) is 3.20. The lowest BCUT2D eigenvalue weighted by Gasteiger charge is -2.10. The smallest absolute Gasteiger partial charge is 0.337 e. The molecular weight excluding hydrogens is 308 g/mol. The highest BCUT2D eigenvalue weighted by Crippen LogP contribution is 2.34. The molecule has 2 aromatic carbocycles. The number of ether oxygens (including phenoxy) is 2. The number of hydrogen-bond donors (Lipinski definition) is 0. The van der Waals surface area contributed by atoms with Gasteiger partial charge in [-0.05, 0) is 42.5 Å². The molecule has 0 fully saturated rings. The summed E-state index contributed by atoms with van der Waals surface area (Å²) >= 11 is 0. The largest absolute Gasteiger partial charge is 0.465 e. The van der Waals surface area contributed by atoms with Crippen LogP contribution in [0.1, 0.15) is 20.9 Å². The zero-order valence-corrected chi connectivity index (χ0v) is 12.9. The number of para-hydroxylation sites is 1. The molecule has 3 aromatic rings. The average Bonchev–Trinajstić information content (AvgIpc) is 3.11. The van der Waals surface area contributed by atoms with Gasteiger partial charge in [-0.25, -0.2) is 4.79 Å². The van der Waals surface area contributed by atoms with Crippen molar-refractivity contribution in [3.8, 4) is 22.8 Å². The highest BCUT2D eigenvalue weighted by Gasteiger charge is 2.12. The van der Waals surface area contributed by atoms with Crippen LogP contribution in [0.5, 0.6) is 11.5 Å². The second-order valence-corrected chi connectivity index (χ2v) is 4.94. The van der Waals surface area contributed by atoms with Crippen molar-refractivity contribution in [1.29, 1.82) is 0 Å². The molecule has 0 N–H and O–H groups in total. The molecule has 0 atom stereocenters. The van der Waals surface area contributed by atoms with Crippen molar-refractivity contribution in [3.63, 3.8) is 0 Å². The Kier molecular flexibility index (Phi) is 4.43. The summed E-state index contributed by atoms with van der Waals surface area (Å²) in [5, 5.41) is 0. The number of aldehydes is 1. The molecule has 1 aromatic heterocycles. The number of carbonyl (C=O) groups is 2. The Labute approximate surface area is 138 Å². The number of hydrogen-bond acceptors (Lipinski definition) is 5. The molecule has 1 heterocycles. The van der Waals surface area contributed by atoms with Crippen LogP contribution in [0, 0.1) is 0 Å². The van der Waals surface area contributed by atoms with Gasteiger partial charge in [0.1, 0.15) is 17.3 Å². The highest BCUT2D eigenvalue weighted by molar-refractivity contribution is 5.89. The predicted molar refractivity (Wildman–Crippen MR) is 87.4 cm³/mol. The van der Waals surface area contributed by atoms with E-state index in [1.807, 2.05) is 18.2 Å². The standard InChI is InChI=1S/C19H14O5/c1-22-19(21)13-5-4-6-14(11-13)23-17-8-3-2-7-16(17)18-10-9-15(12-20)24-18/h2-12H,1H3. The molecule has 0 aliphatic heterocycles. The van der Waals surface area contributed by atoms with Gasteiger partial charge in [-0.1, -0.05) is 18.2 Å². The molecule has 0 amide bonds. The fraction of sp³-hybridized carbons (Fsp3) is 0.0526. The van der Waals surface area contributed by atoms with Crippen molar-refractivity contribution in [2.24, 2.45) is 0 Å². The fourth-order valence-corrected chi connectivity index (χ4v) is 2.25. The fourth-order valence-electron chi connectivity index (χ4n) is 2.25. The number of benzene rings is 2. The number of carbonyl (C=O) groups excluding carboxylic acids is 2. The van der Waals surface area contributed by atoms with E-state index in [4.69, 9.17) is 13.9 Å². The van der Waals surface area contributed by atoms with E-state index >= 15 is 0 Å². The second-order valence-electron chi connectivity index (χ2n) is 4.94. The number of furan rings is 1. The van der Waals surface area contributed by atoms with Gasteiger partial charge in [-0.15, -0.1) is 0 Å². The van der Waals surface area contributed by atoms with E-state index in [2.05, 4.69) is 0 Å². The topological polar surface area (TPSA) is 65.7 Å². The van der Waals surface area contributed by atoms with Gasteiger partial charge in [-0.3, -0.25) is 4.79 Å². The zero-order chi connectivity index (χ0) is 16.9. The summed E-state index contributed by atoms with van der Waals surface area (Å²) < 4.78 is 16.0. The van der Waals surface area contributed by atoms with Crippen molar-refractivity contribution in [1.82, 2.24) is 0 Å². The number of rotatable bonds is 5. The molecule has 0 saturated carbocycles. The normalized spacial score (nSPS) is 10.2. The molecule has 24 heavy (non-hydrogen) atoms. The molecule has 0 spiro atoms. The van der Waals surface area contributed by atoms with E-state index in [0.29, 0.717) is 34.7 Å². The maximum absolute atomic E-state index is 11.6. The van der Waals surface area contributed by atoms with Crippen molar-refractivity contribution in [2.45, 2.75) is 0 Å². The predicted octanol–water partition coefficient (Wildman–Crippen LogP) is 4.34. The van der Waals surface area contributed by atoms with Crippen molar-refractivity contribution >= 4 is 12.3 Å². The molecule has 0 radical (unpaired) electrons. The number of methoxy groups -OCH3 is 1. The van der Waals surface area contributed by atoms with Crippen LogP contribution in [-0.2, 0) is 4.74 Å². The summed E-state index contributed by atoms with van der Waals surface area (Å²) in [7, 11) is 1.33. The van der Waals surface area contributed by atoms with Crippen LogP contribution in [0.4, 0.5) is 0 Å². The van der Waals surface area contributed by atoms with Crippen molar-refractivity contribution in [2.75, 3.05) is 7.11 Å². The summed E-state index contributed by atoms with van der Waals surface area (Å²) in [5.74, 6) is 1.37. The summed E-state index contributed by atoms with van der Waals surface area (Å²) in [6, 6.07) is 17.3. The average molecular weight is 322 g/mol. The van der Waals surface area contributed by atoms with Crippen molar-refractivity contribution in [3.05, 3.63) is 72.0 Å². The quantitative estimate of drug-likeness (QED) is 0.516. The Morgan fingerprint density at radius 3 is 2.62 bits per heavy atom. The van der Waals surface area contributed by atoms with Crippen LogP contribution >= 0.6 is 0 Å². The van der Waals surface area contributed by atoms with E-state index in [1.165, 1.54) is 7.11 Å². The molecular formula is C19H14O5. The third-order valence-corrected chi connectivity index (χ3v) is 3.38. The van der Waals surface area contributed by atoms with Gasteiger partial charge < -0.3 is 13.9 Å².